The number of carbonyl (C=O) groups is 1. The van der Waals surface area contributed by atoms with Gasteiger partial charge in [-0.3, -0.25) is 9.52 Å². The summed E-state index contributed by atoms with van der Waals surface area (Å²) in [4.78, 5) is 12.2. The van der Waals surface area contributed by atoms with Crippen LogP contribution in [0.5, 0.6) is 5.75 Å². The van der Waals surface area contributed by atoms with Gasteiger partial charge in [0.2, 0.25) is 10.0 Å². The fraction of sp³-hybridized carbons (Fsp3) is 0.350. The van der Waals surface area contributed by atoms with Crippen molar-refractivity contribution in [1.82, 2.24) is 5.32 Å². The summed E-state index contributed by atoms with van der Waals surface area (Å²) in [6.45, 7) is 4.73. The van der Waals surface area contributed by atoms with E-state index in [1.165, 1.54) is 5.56 Å². The Labute approximate surface area is 161 Å². The quantitative estimate of drug-likeness (QED) is 0.610. The first-order chi connectivity index (χ1) is 12.9. The molecule has 2 rings (SSSR count). The lowest BCUT2D eigenvalue weighted by Gasteiger charge is -2.08. The van der Waals surface area contributed by atoms with Crippen LogP contribution in [0.1, 0.15) is 36.2 Å². The van der Waals surface area contributed by atoms with Crippen LogP contribution in [-0.2, 0) is 16.4 Å². The Morgan fingerprint density at radius 1 is 1.00 bits per heavy atom. The Bertz CT molecular complexity index is 831. The van der Waals surface area contributed by atoms with E-state index in [1.807, 2.05) is 31.2 Å². The Morgan fingerprint density at radius 3 is 2.26 bits per heavy atom. The van der Waals surface area contributed by atoms with Gasteiger partial charge >= 0.3 is 0 Å². The van der Waals surface area contributed by atoms with Gasteiger partial charge in [0.05, 0.1) is 12.4 Å². The van der Waals surface area contributed by atoms with Crippen molar-refractivity contribution in [3.8, 4) is 5.75 Å². The molecule has 0 saturated heterocycles. The number of amides is 1. The molecule has 0 atom stereocenters. The third-order valence-corrected chi connectivity index (χ3v) is 5.27. The maximum atomic E-state index is 12.2. The van der Waals surface area contributed by atoms with E-state index in [0.717, 1.165) is 18.6 Å². The van der Waals surface area contributed by atoms with Crippen LogP contribution in [0.25, 0.3) is 0 Å². The fourth-order valence-corrected chi connectivity index (χ4v) is 3.10. The SMILES string of the molecule is CCOc1ccc(CCCNC(=O)c2ccc(NS(=O)(=O)CC)cc2)cc1. The lowest BCUT2D eigenvalue weighted by Crippen LogP contribution is -2.24. The van der Waals surface area contributed by atoms with Crippen molar-refractivity contribution in [2.45, 2.75) is 26.7 Å². The summed E-state index contributed by atoms with van der Waals surface area (Å²) in [5.41, 5.74) is 2.14. The molecule has 27 heavy (non-hydrogen) atoms. The highest BCUT2D eigenvalue weighted by atomic mass is 32.2. The number of rotatable bonds is 10. The molecule has 0 saturated carbocycles. The molecule has 7 heteroatoms. The standard InChI is InChI=1S/C20H26N2O4S/c1-3-26-19-13-7-16(8-14-19)6-5-15-21-20(23)17-9-11-18(12-10-17)22-27(24,25)4-2/h7-14,22H,3-6,15H2,1-2H3,(H,21,23). The van der Waals surface area contributed by atoms with Crippen molar-refractivity contribution >= 4 is 21.6 Å². The molecular weight excluding hydrogens is 364 g/mol. The zero-order valence-corrected chi connectivity index (χ0v) is 16.5. The third-order valence-electron chi connectivity index (χ3n) is 3.96. The molecule has 2 aromatic carbocycles. The summed E-state index contributed by atoms with van der Waals surface area (Å²) in [5, 5.41) is 2.88. The zero-order valence-electron chi connectivity index (χ0n) is 15.7. The smallest absolute Gasteiger partial charge is 0.251 e. The number of hydrogen-bond donors (Lipinski definition) is 2. The number of aryl methyl sites for hydroxylation is 1. The molecule has 0 fully saturated rings. The van der Waals surface area contributed by atoms with Crippen LogP contribution in [0.15, 0.2) is 48.5 Å². The minimum Gasteiger partial charge on any atom is -0.494 e. The van der Waals surface area contributed by atoms with Crippen molar-refractivity contribution in [2.75, 3.05) is 23.6 Å². The molecule has 6 nitrogen and oxygen atoms in total. The number of carbonyl (C=O) groups excluding carboxylic acids is 1. The molecule has 0 aliphatic rings. The summed E-state index contributed by atoms with van der Waals surface area (Å²) in [6.07, 6.45) is 1.69. The fourth-order valence-electron chi connectivity index (χ4n) is 2.46. The van der Waals surface area contributed by atoms with Gasteiger partial charge in [0.1, 0.15) is 5.75 Å². The Balaban J connectivity index is 1.76. The van der Waals surface area contributed by atoms with E-state index in [2.05, 4.69) is 10.0 Å². The first kappa shape index (κ1) is 20.8. The molecule has 1 amide bonds. The van der Waals surface area contributed by atoms with Gasteiger partial charge < -0.3 is 10.1 Å². The Kier molecular flexibility index (Phi) is 7.67. The van der Waals surface area contributed by atoms with Crippen molar-refractivity contribution in [2.24, 2.45) is 0 Å². The molecule has 146 valence electrons. The molecular formula is C20H26N2O4S. The van der Waals surface area contributed by atoms with Gasteiger partial charge in [-0.2, -0.15) is 0 Å². The van der Waals surface area contributed by atoms with Crippen molar-refractivity contribution in [1.29, 1.82) is 0 Å². The molecule has 0 bridgehead atoms. The summed E-state index contributed by atoms with van der Waals surface area (Å²) in [7, 11) is -3.31. The van der Waals surface area contributed by atoms with E-state index in [4.69, 9.17) is 4.74 Å². The first-order valence-electron chi connectivity index (χ1n) is 9.04. The molecule has 2 N–H and O–H groups in total. The van der Waals surface area contributed by atoms with Crippen LogP contribution in [0.3, 0.4) is 0 Å². The maximum absolute atomic E-state index is 12.2. The topological polar surface area (TPSA) is 84.5 Å². The second-order valence-corrected chi connectivity index (χ2v) is 8.03. The summed E-state index contributed by atoms with van der Waals surface area (Å²) < 4.78 is 30.9. The highest BCUT2D eigenvalue weighted by molar-refractivity contribution is 7.92. The van der Waals surface area contributed by atoms with Gasteiger partial charge in [0.15, 0.2) is 0 Å². The number of nitrogens with one attached hydrogen (secondary N) is 2. The zero-order chi connectivity index (χ0) is 19.7. The first-order valence-corrected chi connectivity index (χ1v) is 10.7. The van der Waals surface area contributed by atoms with Gasteiger partial charge in [0, 0.05) is 17.8 Å². The van der Waals surface area contributed by atoms with E-state index in [0.29, 0.717) is 24.4 Å². The molecule has 0 aromatic heterocycles. The van der Waals surface area contributed by atoms with Crippen LogP contribution < -0.4 is 14.8 Å². The predicted molar refractivity (Wildman–Crippen MR) is 108 cm³/mol. The van der Waals surface area contributed by atoms with Crippen molar-refractivity contribution in [3.05, 3.63) is 59.7 Å². The molecule has 0 heterocycles. The largest absolute Gasteiger partial charge is 0.494 e. The van der Waals surface area contributed by atoms with Crippen LogP contribution in [0.4, 0.5) is 5.69 Å². The van der Waals surface area contributed by atoms with Crippen LogP contribution in [-0.4, -0.2) is 33.2 Å². The summed E-state index contributed by atoms with van der Waals surface area (Å²) in [6, 6.07) is 14.3. The van der Waals surface area contributed by atoms with Gasteiger partial charge in [-0.25, -0.2) is 8.42 Å². The minimum atomic E-state index is -3.31. The highest BCUT2D eigenvalue weighted by Gasteiger charge is 2.08. The Hall–Kier alpha value is -2.54. The van der Waals surface area contributed by atoms with E-state index in [1.54, 1.807) is 31.2 Å². The van der Waals surface area contributed by atoms with Gasteiger partial charge in [-0.1, -0.05) is 12.1 Å². The minimum absolute atomic E-state index is 0.00356. The average molecular weight is 391 g/mol. The van der Waals surface area contributed by atoms with Gasteiger partial charge in [-0.15, -0.1) is 0 Å². The van der Waals surface area contributed by atoms with Crippen LogP contribution in [0.2, 0.25) is 0 Å². The highest BCUT2D eigenvalue weighted by Crippen LogP contribution is 2.14. The van der Waals surface area contributed by atoms with Gasteiger partial charge in [0.25, 0.3) is 5.91 Å². The molecule has 0 spiro atoms. The second-order valence-electron chi connectivity index (χ2n) is 6.02. The van der Waals surface area contributed by atoms with Gasteiger partial charge in [-0.05, 0) is 68.7 Å². The molecule has 0 aliphatic heterocycles. The number of anilines is 1. The Morgan fingerprint density at radius 2 is 1.67 bits per heavy atom. The average Bonchev–Trinajstić information content (AvgIpc) is 2.67. The molecule has 2 aromatic rings. The predicted octanol–water partition coefficient (Wildman–Crippen LogP) is 3.21. The van der Waals surface area contributed by atoms with Crippen LogP contribution in [0, 0.1) is 0 Å². The monoisotopic (exact) mass is 390 g/mol. The summed E-state index contributed by atoms with van der Waals surface area (Å²) >= 11 is 0. The van der Waals surface area contributed by atoms with Crippen molar-refractivity contribution < 1.29 is 17.9 Å². The normalized spacial score (nSPS) is 11.0. The number of sulfonamides is 1. The molecule has 0 radical (unpaired) electrons. The van der Waals surface area contributed by atoms with E-state index >= 15 is 0 Å². The van der Waals surface area contributed by atoms with E-state index in [-0.39, 0.29) is 11.7 Å². The maximum Gasteiger partial charge on any atom is 0.251 e. The van der Waals surface area contributed by atoms with Crippen molar-refractivity contribution in [3.63, 3.8) is 0 Å². The summed E-state index contributed by atoms with van der Waals surface area (Å²) in [5.74, 6) is 0.690. The third kappa shape index (κ3) is 6.94. The number of ether oxygens (including phenoxy) is 1. The van der Waals surface area contributed by atoms with E-state index < -0.39 is 10.0 Å². The lowest BCUT2D eigenvalue weighted by molar-refractivity contribution is 0.0953. The lowest BCUT2D eigenvalue weighted by atomic mass is 10.1. The van der Waals surface area contributed by atoms with Crippen LogP contribution >= 0.6 is 0 Å². The number of benzene rings is 2. The molecule has 0 aliphatic carbocycles. The van der Waals surface area contributed by atoms with E-state index in [9.17, 15) is 13.2 Å². The number of hydrogen-bond acceptors (Lipinski definition) is 4. The second kappa shape index (κ2) is 9.97. The molecule has 0 unspecified atom stereocenters.